The molecular formula is C20H23N3O3S. The molecule has 27 heavy (non-hydrogen) atoms. The summed E-state index contributed by atoms with van der Waals surface area (Å²) in [4.78, 5) is 14.5. The van der Waals surface area contributed by atoms with Gasteiger partial charge in [-0.3, -0.25) is 0 Å². The number of hydrogen-bond acceptors (Lipinski definition) is 3. The predicted molar refractivity (Wildman–Crippen MR) is 103 cm³/mol. The van der Waals surface area contributed by atoms with Crippen LogP contribution in [-0.4, -0.2) is 43.3 Å². The summed E-state index contributed by atoms with van der Waals surface area (Å²) in [7, 11) is -3.62. The van der Waals surface area contributed by atoms with Crippen LogP contribution in [-0.2, 0) is 22.1 Å². The van der Waals surface area contributed by atoms with E-state index in [1.807, 2.05) is 49.4 Å². The standard InChI is InChI=1S/C20H23N3O3S/c1-2-21-19(24)22-13-12-20(15-22)17-10-6-7-11-18(17)27(25,26)23(20)14-16-8-4-3-5-9-16/h3-11H,2,12-15H2,1H3,(H,21,24)/t20-/m1/s1. The number of carbonyl (C=O) groups is 1. The monoisotopic (exact) mass is 385 g/mol. The average Bonchev–Trinajstić information content (AvgIpc) is 3.19. The summed E-state index contributed by atoms with van der Waals surface area (Å²) in [6.07, 6.45) is 0.590. The van der Waals surface area contributed by atoms with Crippen molar-refractivity contribution in [3.8, 4) is 0 Å². The largest absolute Gasteiger partial charge is 0.338 e. The number of hydrogen-bond donors (Lipinski definition) is 1. The van der Waals surface area contributed by atoms with Gasteiger partial charge in [0, 0.05) is 26.2 Å². The van der Waals surface area contributed by atoms with Gasteiger partial charge in [-0.05, 0) is 30.5 Å². The Kier molecular flexibility index (Phi) is 4.44. The van der Waals surface area contributed by atoms with E-state index in [-0.39, 0.29) is 6.03 Å². The molecule has 2 aliphatic rings. The van der Waals surface area contributed by atoms with Gasteiger partial charge in [0.15, 0.2) is 0 Å². The number of urea groups is 1. The molecule has 2 heterocycles. The number of nitrogens with one attached hydrogen (secondary N) is 1. The maximum atomic E-state index is 13.4. The topological polar surface area (TPSA) is 69.7 Å². The fraction of sp³-hybridized carbons (Fsp3) is 0.350. The fourth-order valence-corrected chi connectivity index (χ4v) is 6.25. The zero-order valence-electron chi connectivity index (χ0n) is 15.3. The van der Waals surface area contributed by atoms with Crippen molar-refractivity contribution in [3.63, 3.8) is 0 Å². The van der Waals surface area contributed by atoms with E-state index in [0.29, 0.717) is 37.5 Å². The summed E-state index contributed by atoms with van der Waals surface area (Å²) in [5.41, 5.74) is 1.02. The highest BCUT2D eigenvalue weighted by Gasteiger charge is 2.57. The lowest BCUT2D eigenvalue weighted by Crippen LogP contribution is -2.47. The van der Waals surface area contributed by atoms with Crippen LogP contribution >= 0.6 is 0 Å². The van der Waals surface area contributed by atoms with Crippen molar-refractivity contribution in [2.45, 2.75) is 30.3 Å². The summed E-state index contributed by atoms with van der Waals surface area (Å²) < 4.78 is 28.3. The molecule has 2 aromatic rings. The molecule has 0 bridgehead atoms. The molecule has 1 fully saturated rings. The number of fused-ring (bicyclic) bond motifs is 2. The Balaban J connectivity index is 1.78. The van der Waals surface area contributed by atoms with Gasteiger partial charge in [0.1, 0.15) is 0 Å². The first kappa shape index (κ1) is 18.0. The van der Waals surface area contributed by atoms with Crippen molar-refractivity contribution in [1.29, 1.82) is 0 Å². The lowest BCUT2D eigenvalue weighted by molar-refractivity contribution is 0.178. The Labute approximate surface area is 159 Å². The number of sulfonamides is 1. The Morgan fingerprint density at radius 2 is 1.81 bits per heavy atom. The Morgan fingerprint density at radius 3 is 2.56 bits per heavy atom. The molecule has 2 amide bonds. The van der Waals surface area contributed by atoms with Crippen LogP contribution in [0.3, 0.4) is 0 Å². The SMILES string of the molecule is CCNC(=O)N1CC[C@@]2(C1)c1ccccc1S(=O)(=O)N2Cc1ccccc1. The zero-order chi connectivity index (χ0) is 19.1. The van der Waals surface area contributed by atoms with Crippen molar-refractivity contribution < 1.29 is 13.2 Å². The molecule has 142 valence electrons. The first-order valence-corrected chi connectivity index (χ1v) is 10.6. The lowest BCUT2D eigenvalue weighted by Gasteiger charge is -2.34. The number of likely N-dealkylation sites (tertiary alicyclic amines) is 1. The van der Waals surface area contributed by atoms with E-state index in [9.17, 15) is 13.2 Å². The second-order valence-corrected chi connectivity index (χ2v) is 8.86. The van der Waals surface area contributed by atoms with Gasteiger partial charge in [-0.15, -0.1) is 0 Å². The van der Waals surface area contributed by atoms with E-state index in [0.717, 1.165) is 11.1 Å². The molecule has 7 heteroatoms. The molecule has 0 unspecified atom stereocenters. The molecule has 0 radical (unpaired) electrons. The van der Waals surface area contributed by atoms with E-state index in [2.05, 4.69) is 5.32 Å². The van der Waals surface area contributed by atoms with Gasteiger partial charge in [0.05, 0.1) is 10.4 Å². The normalized spacial score (nSPS) is 23.5. The number of amides is 2. The van der Waals surface area contributed by atoms with Crippen molar-refractivity contribution >= 4 is 16.1 Å². The number of rotatable bonds is 3. The summed E-state index contributed by atoms with van der Waals surface area (Å²) in [5, 5.41) is 2.82. The molecule has 1 spiro atoms. The van der Waals surface area contributed by atoms with E-state index in [4.69, 9.17) is 0 Å². The first-order valence-electron chi connectivity index (χ1n) is 9.18. The predicted octanol–water partition coefficient (Wildman–Crippen LogP) is 2.52. The Bertz CT molecular complexity index is 961. The van der Waals surface area contributed by atoms with Crippen LogP contribution in [0.15, 0.2) is 59.5 Å². The van der Waals surface area contributed by atoms with Crippen molar-refractivity contribution in [1.82, 2.24) is 14.5 Å². The number of benzene rings is 2. The van der Waals surface area contributed by atoms with Crippen LogP contribution in [0.1, 0.15) is 24.5 Å². The molecule has 4 rings (SSSR count). The molecule has 0 aliphatic carbocycles. The van der Waals surface area contributed by atoms with Crippen molar-refractivity contribution in [2.24, 2.45) is 0 Å². The highest BCUT2D eigenvalue weighted by atomic mass is 32.2. The smallest absolute Gasteiger partial charge is 0.317 e. The van der Waals surface area contributed by atoms with Crippen LogP contribution in [0.25, 0.3) is 0 Å². The van der Waals surface area contributed by atoms with Crippen LogP contribution in [0.5, 0.6) is 0 Å². The molecule has 0 aromatic heterocycles. The molecule has 1 N–H and O–H groups in total. The quantitative estimate of drug-likeness (QED) is 0.883. The summed E-state index contributed by atoms with van der Waals surface area (Å²) in [6.45, 7) is 3.61. The molecule has 2 aromatic carbocycles. The number of nitrogens with zero attached hydrogens (tertiary/aromatic N) is 2. The highest BCUT2D eigenvalue weighted by molar-refractivity contribution is 7.89. The summed E-state index contributed by atoms with van der Waals surface area (Å²) >= 11 is 0. The Morgan fingerprint density at radius 1 is 1.11 bits per heavy atom. The molecule has 2 aliphatic heterocycles. The van der Waals surface area contributed by atoms with Gasteiger partial charge in [-0.1, -0.05) is 48.5 Å². The van der Waals surface area contributed by atoms with Crippen molar-refractivity contribution in [2.75, 3.05) is 19.6 Å². The first-order chi connectivity index (χ1) is 13.0. The third kappa shape index (κ3) is 2.82. The molecular weight excluding hydrogens is 362 g/mol. The minimum atomic E-state index is -3.62. The van der Waals surface area contributed by atoms with E-state index in [1.165, 1.54) is 0 Å². The Hall–Kier alpha value is -2.38. The second-order valence-electron chi connectivity index (χ2n) is 7.03. The van der Waals surface area contributed by atoms with Gasteiger partial charge in [-0.2, -0.15) is 4.31 Å². The van der Waals surface area contributed by atoms with Crippen LogP contribution in [0.4, 0.5) is 4.79 Å². The minimum absolute atomic E-state index is 0.143. The summed E-state index contributed by atoms with van der Waals surface area (Å²) in [6, 6.07) is 16.6. The molecule has 6 nitrogen and oxygen atoms in total. The maximum Gasteiger partial charge on any atom is 0.317 e. The van der Waals surface area contributed by atoms with Gasteiger partial charge in [0.25, 0.3) is 0 Å². The van der Waals surface area contributed by atoms with Crippen LogP contribution in [0, 0.1) is 0 Å². The fourth-order valence-electron chi connectivity index (χ4n) is 4.20. The number of carbonyl (C=O) groups excluding carboxylic acids is 1. The zero-order valence-corrected chi connectivity index (χ0v) is 16.1. The second kappa shape index (κ2) is 6.65. The maximum absolute atomic E-state index is 13.4. The van der Waals surface area contributed by atoms with Crippen LogP contribution in [0.2, 0.25) is 0 Å². The molecule has 1 atom stereocenters. The average molecular weight is 385 g/mol. The van der Waals surface area contributed by atoms with E-state index < -0.39 is 15.6 Å². The van der Waals surface area contributed by atoms with Gasteiger partial charge in [-0.25, -0.2) is 13.2 Å². The van der Waals surface area contributed by atoms with Gasteiger partial charge < -0.3 is 10.2 Å². The molecule has 0 saturated carbocycles. The van der Waals surface area contributed by atoms with Crippen LogP contribution < -0.4 is 5.32 Å². The van der Waals surface area contributed by atoms with Crippen molar-refractivity contribution in [3.05, 3.63) is 65.7 Å². The van der Waals surface area contributed by atoms with Gasteiger partial charge in [0.2, 0.25) is 10.0 Å². The van der Waals surface area contributed by atoms with Gasteiger partial charge >= 0.3 is 6.03 Å². The highest BCUT2D eigenvalue weighted by Crippen LogP contribution is 2.49. The lowest BCUT2D eigenvalue weighted by atomic mass is 9.88. The van der Waals surface area contributed by atoms with E-state index in [1.54, 1.807) is 21.3 Å². The summed E-state index contributed by atoms with van der Waals surface area (Å²) in [5.74, 6) is 0. The third-order valence-electron chi connectivity index (χ3n) is 5.47. The minimum Gasteiger partial charge on any atom is -0.338 e. The van der Waals surface area contributed by atoms with E-state index >= 15 is 0 Å². The molecule has 1 saturated heterocycles. The third-order valence-corrected chi connectivity index (χ3v) is 7.44.